The average Bonchev–Trinajstić information content (AvgIpc) is 2.73. The van der Waals surface area contributed by atoms with Crippen LogP contribution in [0, 0.1) is 13.8 Å². The molecule has 0 aliphatic heterocycles. The van der Waals surface area contributed by atoms with Crippen LogP contribution in [0.5, 0.6) is 0 Å². The highest BCUT2D eigenvalue weighted by Gasteiger charge is 2.14. The number of fused-ring (bicyclic) bond motifs is 1. The molecule has 0 fully saturated rings. The van der Waals surface area contributed by atoms with E-state index < -0.39 is 5.97 Å². The summed E-state index contributed by atoms with van der Waals surface area (Å²) in [7, 11) is 0. The third-order valence-electron chi connectivity index (χ3n) is 4.67. The van der Waals surface area contributed by atoms with Gasteiger partial charge in [-0.2, -0.15) is 0 Å². The lowest BCUT2D eigenvalue weighted by Gasteiger charge is -2.09. The van der Waals surface area contributed by atoms with Gasteiger partial charge in [-0.05, 0) is 37.6 Å². The predicted octanol–water partition coefficient (Wildman–Crippen LogP) is 3.73. The molecule has 0 radical (unpaired) electrons. The number of rotatable bonds is 4. The topological polar surface area (TPSA) is 73.6 Å². The SMILES string of the molecule is Cc1nc(-c2ccccc2)ccc1C(=O)OCc1cc(=O)n2cccc(C)c2n1. The number of esters is 1. The van der Waals surface area contributed by atoms with Crippen molar-refractivity contribution in [3.63, 3.8) is 0 Å². The van der Waals surface area contributed by atoms with Crippen LogP contribution in [-0.4, -0.2) is 20.3 Å². The third-order valence-corrected chi connectivity index (χ3v) is 4.67. The van der Waals surface area contributed by atoms with Crippen molar-refractivity contribution in [3.05, 3.63) is 99.7 Å². The number of aryl methyl sites for hydroxylation is 2. The fourth-order valence-corrected chi connectivity index (χ4v) is 3.15. The van der Waals surface area contributed by atoms with Gasteiger partial charge in [-0.3, -0.25) is 14.2 Å². The molecule has 6 heteroatoms. The summed E-state index contributed by atoms with van der Waals surface area (Å²) < 4.78 is 6.86. The van der Waals surface area contributed by atoms with Crippen LogP contribution in [0.1, 0.15) is 27.3 Å². The fourth-order valence-electron chi connectivity index (χ4n) is 3.15. The molecule has 144 valence electrons. The molecule has 4 rings (SSSR count). The van der Waals surface area contributed by atoms with E-state index >= 15 is 0 Å². The smallest absolute Gasteiger partial charge is 0.340 e. The van der Waals surface area contributed by atoms with Crippen LogP contribution in [0.2, 0.25) is 0 Å². The highest BCUT2D eigenvalue weighted by molar-refractivity contribution is 5.90. The summed E-state index contributed by atoms with van der Waals surface area (Å²) in [6.07, 6.45) is 1.66. The molecule has 0 N–H and O–H groups in total. The number of ether oxygens (including phenoxy) is 1. The maximum absolute atomic E-state index is 12.5. The number of carbonyl (C=O) groups is 1. The van der Waals surface area contributed by atoms with Crippen molar-refractivity contribution in [2.75, 3.05) is 0 Å². The maximum atomic E-state index is 12.5. The van der Waals surface area contributed by atoms with Crippen molar-refractivity contribution < 1.29 is 9.53 Å². The molecule has 0 atom stereocenters. The Balaban J connectivity index is 1.54. The second-order valence-electron chi connectivity index (χ2n) is 6.74. The molecule has 0 saturated carbocycles. The molecule has 0 aliphatic carbocycles. The van der Waals surface area contributed by atoms with Crippen molar-refractivity contribution in [2.45, 2.75) is 20.5 Å². The Hall–Kier alpha value is -3.80. The minimum atomic E-state index is -0.499. The van der Waals surface area contributed by atoms with E-state index in [-0.39, 0.29) is 12.2 Å². The molecule has 29 heavy (non-hydrogen) atoms. The summed E-state index contributed by atoms with van der Waals surface area (Å²) in [5.74, 6) is -0.499. The quantitative estimate of drug-likeness (QED) is 0.501. The number of hydrogen-bond acceptors (Lipinski definition) is 5. The number of hydrogen-bond donors (Lipinski definition) is 0. The first kappa shape index (κ1) is 18.6. The largest absolute Gasteiger partial charge is 0.456 e. The standard InChI is InChI=1S/C23H19N3O3/c1-15-7-6-12-26-21(27)13-18(25-22(15)26)14-29-23(28)19-10-11-20(24-16(19)2)17-8-4-3-5-9-17/h3-13H,14H2,1-2H3. The minimum Gasteiger partial charge on any atom is -0.456 e. The van der Waals surface area contributed by atoms with Crippen LogP contribution in [0.4, 0.5) is 0 Å². The summed E-state index contributed by atoms with van der Waals surface area (Å²) in [4.78, 5) is 33.8. The molecule has 1 aromatic carbocycles. The van der Waals surface area contributed by atoms with Gasteiger partial charge in [0.2, 0.25) is 0 Å². The van der Waals surface area contributed by atoms with E-state index in [0.717, 1.165) is 16.8 Å². The van der Waals surface area contributed by atoms with Crippen molar-refractivity contribution in [1.82, 2.24) is 14.4 Å². The Labute approximate surface area is 167 Å². The lowest BCUT2D eigenvalue weighted by Crippen LogP contribution is -2.17. The second-order valence-corrected chi connectivity index (χ2v) is 6.74. The zero-order chi connectivity index (χ0) is 20.4. The van der Waals surface area contributed by atoms with Crippen molar-refractivity contribution >= 4 is 11.6 Å². The van der Waals surface area contributed by atoms with Gasteiger partial charge in [0.25, 0.3) is 5.56 Å². The third kappa shape index (κ3) is 3.78. The Kier molecular flexibility index (Phi) is 4.91. The molecule has 0 bridgehead atoms. The molecular weight excluding hydrogens is 366 g/mol. The van der Waals surface area contributed by atoms with Gasteiger partial charge in [-0.25, -0.2) is 9.78 Å². The Morgan fingerprint density at radius 3 is 2.55 bits per heavy atom. The summed E-state index contributed by atoms with van der Waals surface area (Å²) in [5.41, 5.74) is 4.35. The van der Waals surface area contributed by atoms with Gasteiger partial charge in [0.05, 0.1) is 22.6 Å². The Bertz CT molecular complexity index is 1260. The molecule has 0 saturated heterocycles. The number of nitrogens with zero attached hydrogens (tertiary/aromatic N) is 3. The van der Waals surface area contributed by atoms with Crippen molar-refractivity contribution in [1.29, 1.82) is 0 Å². The number of pyridine rings is 2. The predicted molar refractivity (Wildman–Crippen MR) is 110 cm³/mol. The highest BCUT2D eigenvalue weighted by Crippen LogP contribution is 2.19. The van der Waals surface area contributed by atoms with E-state index in [0.29, 0.717) is 22.6 Å². The van der Waals surface area contributed by atoms with E-state index in [1.54, 1.807) is 31.3 Å². The lowest BCUT2D eigenvalue weighted by atomic mass is 10.1. The fraction of sp³-hybridized carbons (Fsp3) is 0.130. The first-order valence-corrected chi connectivity index (χ1v) is 9.21. The molecule has 0 spiro atoms. The number of carbonyl (C=O) groups excluding carboxylic acids is 1. The maximum Gasteiger partial charge on any atom is 0.340 e. The van der Waals surface area contributed by atoms with Crippen LogP contribution < -0.4 is 5.56 Å². The Morgan fingerprint density at radius 1 is 1.00 bits per heavy atom. The van der Waals surface area contributed by atoms with E-state index in [1.165, 1.54) is 10.5 Å². The van der Waals surface area contributed by atoms with Gasteiger partial charge in [0, 0.05) is 17.8 Å². The molecule has 6 nitrogen and oxygen atoms in total. The summed E-state index contributed by atoms with van der Waals surface area (Å²) in [6, 6.07) is 18.3. The summed E-state index contributed by atoms with van der Waals surface area (Å²) in [6.45, 7) is 3.56. The molecule has 3 aromatic heterocycles. The van der Waals surface area contributed by atoms with Gasteiger partial charge in [0.15, 0.2) is 0 Å². The van der Waals surface area contributed by atoms with Crippen LogP contribution in [-0.2, 0) is 11.3 Å². The van der Waals surface area contributed by atoms with E-state index in [9.17, 15) is 9.59 Å². The van der Waals surface area contributed by atoms with E-state index in [1.807, 2.05) is 43.3 Å². The average molecular weight is 385 g/mol. The molecule has 3 heterocycles. The van der Waals surface area contributed by atoms with Gasteiger partial charge in [0.1, 0.15) is 12.3 Å². The van der Waals surface area contributed by atoms with Gasteiger partial charge >= 0.3 is 5.97 Å². The normalized spacial score (nSPS) is 10.8. The molecular formula is C23H19N3O3. The first-order chi connectivity index (χ1) is 14.0. The van der Waals surface area contributed by atoms with Crippen LogP contribution >= 0.6 is 0 Å². The molecule has 0 unspecified atom stereocenters. The molecule has 0 amide bonds. The first-order valence-electron chi connectivity index (χ1n) is 9.21. The number of aromatic nitrogens is 3. The molecule has 0 aliphatic rings. The van der Waals surface area contributed by atoms with Gasteiger partial charge in [-0.1, -0.05) is 36.4 Å². The second kappa shape index (κ2) is 7.67. The summed E-state index contributed by atoms with van der Waals surface area (Å²) in [5, 5.41) is 0. The zero-order valence-corrected chi connectivity index (χ0v) is 16.1. The zero-order valence-electron chi connectivity index (χ0n) is 16.1. The highest BCUT2D eigenvalue weighted by atomic mass is 16.5. The van der Waals surface area contributed by atoms with Crippen molar-refractivity contribution in [3.8, 4) is 11.3 Å². The number of benzene rings is 1. The minimum absolute atomic E-state index is 0.0845. The van der Waals surface area contributed by atoms with Crippen LogP contribution in [0.15, 0.2) is 71.7 Å². The summed E-state index contributed by atoms with van der Waals surface area (Å²) >= 11 is 0. The van der Waals surface area contributed by atoms with Crippen LogP contribution in [0.3, 0.4) is 0 Å². The lowest BCUT2D eigenvalue weighted by molar-refractivity contribution is 0.0466. The molecule has 4 aromatic rings. The van der Waals surface area contributed by atoms with Crippen LogP contribution in [0.25, 0.3) is 16.9 Å². The van der Waals surface area contributed by atoms with Gasteiger partial charge < -0.3 is 4.74 Å². The van der Waals surface area contributed by atoms with Crippen molar-refractivity contribution in [2.24, 2.45) is 0 Å². The van der Waals surface area contributed by atoms with E-state index in [4.69, 9.17) is 4.74 Å². The van der Waals surface area contributed by atoms with E-state index in [2.05, 4.69) is 9.97 Å². The monoisotopic (exact) mass is 385 g/mol. The Morgan fingerprint density at radius 2 is 1.79 bits per heavy atom. The van der Waals surface area contributed by atoms with Gasteiger partial charge in [-0.15, -0.1) is 0 Å².